The van der Waals surface area contributed by atoms with Gasteiger partial charge in [-0.1, -0.05) is 34.8 Å². The van der Waals surface area contributed by atoms with Gasteiger partial charge in [0.05, 0.1) is 21.8 Å². The van der Waals surface area contributed by atoms with E-state index >= 15 is 0 Å². The molecule has 0 aliphatic heterocycles. The SMILES string of the molecule is O=c1[nH]nc(-c2cc(Cl)c(-n3nc(-c4ccc(Cl)cc4F)c4cc(Cl)ccc43)cc2F)[nH]1. The van der Waals surface area contributed by atoms with Crippen LogP contribution in [0.4, 0.5) is 8.78 Å². The monoisotopic (exact) mass is 491 g/mol. The minimum Gasteiger partial charge on any atom is -0.289 e. The highest BCUT2D eigenvalue weighted by molar-refractivity contribution is 6.33. The Morgan fingerprint density at radius 2 is 1.59 bits per heavy atom. The van der Waals surface area contributed by atoms with E-state index in [2.05, 4.69) is 20.3 Å². The molecule has 2 N–H and O–H groups in total. The molecule has 3 aromatic carbocycles. The van der Waals surface area contributed by atoms with E-state index in [4.69, 9.17) is 34.8 Å². The van der Waals surface area contributed by atoms with Gasteiger partial charge < -0.3 is 0 Å². The van der Waals surface area contributed by atoms with Crippen LogP contribution in [0.15, 0.2) is 53.3 Å². The van der Waals surface area contributed by atoms with Crippen molar-refractivity contribution in [3.05, 3.63) is 85.7 Å². The largest absolute Gasteiger partial charge is 0.340 e. The molecule has 0 fully saturated rings. The van der Waals surface area contributed by atoms with Gasteiger partial charge in [-0.3, -0.25) is 4.98 Å². The van der Waals surface area contributed by atoms with Crippen molar-refractivity contribution >= 4 is 45.7 Å². The zero-order valence-corrected chi connectivity index (χ0v) is 18.0. The first-order chi connectivity index (χ1) is 15.3. The summed E-state index contributed by atoms with van der Waals surface area (Å²) in [6.45, 7) is 0. The third kappa shape index (κ3) is 3.46. The Morgan fingerprint density at radius 3 is 2.31 bits per heavy atom. The number of halogens is 5. The van der Waals surface area contributed by atoms with E-state index in [1.807, 2.05) is 0 Å². The second-order valence-corrected chi connectivity index (χ2v) is 8.14. The summed E-state index contributed by atoms with van der Waals surface area (Å²) in [5.74, 6) is -1.26. The molecule has 0 amide bonds. The first kappa shape index (κ1) is 20.7. The van der Waals surface area contributed by atoms with Crippen molar-refractivity contribution < 1.29 is 8.78 Å². The third-order valence-electron chi connectivity index (χ3n) is 4.85. The van der Waals surface area contributed by atoms with Gasteiger partial charge in [0.25, 0.3) is 0 Å². The van der Waals surface area contributed by atoms with Crippen molar-refractivity contribution in [2.75, 3.05) is 0 Å². The number of hydrogen-bond acceptors (Lipinski definition) is 3. The number of aromatic amines is 2. The maximum atomic E-state index is 14.9. The fourth-order valence-corrected chi connectivity index (χ4v) is 4.01. The third-order valence-corrected chi connectivity index (χ3v) is 5.62. The molecule has 0 bridgehead atoms. The number of hydrogen-bond donors (Lipinski definition) is 2. The van der Waals surface area contributed by atoms with Crippen LogP contribution in [0.2, 0.25) is 15.1 Å². The van der Waals surface area contributed by atoms with Crippen molar-refractivity contribution in [1.82, 2.24) is 25.0 Å². The molecular formula is C21H10Cl3F2N5O. The Hall–Kier alpha value is -3.20. The van der Waals surface area contributed by atoms with Crippen molar-refractivity contribution in [3.63, 3.8) is 0 Å². The molecule has 2 aromatic heterocycles. The lowest BCUT2D eigenvalue weighted by molar-refractivity contribution is 0.627. The highest BCUT2D eigenvalue weighted by Gasteiger charge is 2.21. The fourth-order valence-electron chi connectivity index (χ4n) is 3.43. The lowest BCUT2D eigenvalue weighted by Gasteiger charge is -2.09. The molecule has 0 atom stereocenters. The topological polar surface area (TPSA) is 79.4 Å². The molecule has 0 saturated heterocycles. The molecule has 32 heavy (non-hydrogen) atoms. The Bertz CT molecular complexity index is 1570. The van der Waals surface area contributed by atoms with Crippen LogP contribution >= 0.6 is 34.8 Å². The van der Waals surface area contributed by atoms with Crippen LogP contribution in [0.3, 0.4) is 0 Å². The quantitative estimate of drug-likeness (QED) is 0.324. The summed E-state index contributed by atoms with van der Waals surface area (Å²) in [4.78, 5) is 13.7. The number of fused-ring (bicyclic) bond motifs is 1. The van der Waals surface area contributed by atoms with Gasteiger partial charge >= 0.3 is 5.69 Å². The number of H-pyrrole nitrogens is 2. The first-order valence-corrected chi connectivity index (χ1v) is 10.2. The molecule has 0 saturated carbocycles. The Kier molecular flexibility index (Phi) is 5.00. The van der Waals surface area contributed by atoms with Crippen LogP contribution in [0.1, 0.15) is 0 Å². The van der Waals surface area contributed by atoms with Crippen LogP contribution in [0.5, 0.6) is 0 Å². The Morgan fingerprint density at radius 1 is 0.875 bits per heavy atom. The molecule has 0 radical (unpaired) electrons. The highest BCUT2D eigenvalue weighted by atomic mass is 35.5. The molecule has 0 aliphatic carbocycles. The molecule has 5 aromatic rings. The van der Waals surface area contributed by atoms with E-state index in [1.165, 1.54) is 22.9 Å². The molecule has 6 nitrogen and oxygen atoms in total. The van der Waals surface area contributed by atoms with Crippen LogP contribution < -0.4 is 5.69 Å². The minimum atomic E-state index is -0.691. The molecule has 0 unspecified atom stereocenters. The van der Waals surface area contributed by atoms with Crippen molar-refractivity contribution in [1.29, 1.82) is 0 Å². The second-order valence-electron chi connectivity index (χ2n) is 6.86. The van der Waals surface area contributed by atoms with Gasteiger partial charge in [-0.25, -0.2) is 23.4 Å². The summed E-state index contributed by atoms with van der Waals surface area (Å²) >= 11 is 18.5. The molecule has 160 valence electrons. The number of nitrogens with one attached hydrogen (secondary N) is 2. The van der Waals surface area contributed by atoms with Gasteiger partial charge in [-0.05, 0) is 42.5 Å². The molecular weight excluding hydrogens is 483 g/mol. The molecule has 0 spiro atoms. The van der Waals surface area contributed by atoms with Gasteiger partial charge in [0.1, 0.15) is 17.3 Å². The Balaban J connectivity index is 1.75. The smallest absolute Gasteiger partial charge is 0.289 e. The van der Waals surface area contributed by atoms with E-state index in [0.29, 0.717) is 15.9 Å². The van der Waals surface area contributed by atoms with Crippen molar-refractivity contribution in [3.8, 4) is 28.3 Å². The van der Waals surface area contributed by atoms with E-state index < -0.39 is 17.3 Å². The zero-order chi connectivity index (χ0) is 22.6. The summed E-state index contributed by atoms with van der Waals surface area (Å²) in [6.07, 6.45) is 0. The van der Waals surface area contributed by atoms with Crippen LogP contribution in [0.25, 0.3) is 39.2 Å². The molecule has 5 rings (SSSR count). The second kappa shape index (κ2) is 7.74. The maximum absolute atomic E-state index is 14.9. The van der Waals surface area contributed by atoms with E-state index in [0.717, 1.165) is 6.07 Å². The zero-order valence-electron chi connectivity index (χ0n) is 15.8. The minimum absolute atomic E-state index is 0.000533. The van der Waals surface area contributed by atoms with E-state index in [-0.39, 0.29) is 38.4 Å². The summed E-state index contributed by atoms with van der Waals surface area (Å²) in [5.41, 5.74) is 0.640. The summed E-state index contributed by atoms with van der Waals surface area (Å²) < 4.78 is 31.0. The summed E-state index contributed by atoms with van der Waals surface area (Å²) in [7, 11) is 0. The number of benzene rings is 3. The van der Waals surface area contributed by atoms with Gasteiger partial charge in [0, 0.05) is 27.1 Å². The van der Waals surface area contributed by atoms with E-state index in [9.17, 15) is 13.6 Å². The van der Waals surface area contributed by atoms with Crippen molar-refractivity contribution in [2.24, 2.45) is 0 Å². The lowest BCUT2D eigenvalue weighted by atomic mass is 10.1. The molecule has 11 heteroatoms. The van der Waals surface area contributed by atoms with Crippen LogP contribution in [0, 0.1) is 11.6 Å². The first-order valence-electron chi connectivity index (χ1n) is 9.10. The van der Waals surface area contributed by atoms with Crippen LogP contribution in [-0.4, -0.2) is 25.0 Å². The normalized spacial score (nSPS) is 11.4. The average Bonchev–Trinajstić information content (AvgIpc) is 3.33. The number of nitrogens with zero attached hydrogens (tertiary/aromatic N) is 3. The number of rotatable bonds is 3. The Labute approximate surface area is 193 Å². The van der Waals surface area contributed by atoms with E-state index in [1.54, 1.807) is 24.3 Å². The van der Waals surface area contributed by atoms with Gasteiger partial charge in [-0.15, -0.1) is 0 Å². The van der Waals surface area contributed by atoms with Crippen LogP contribution in [-0.2, 0) is 0 Å². The highest BCUT2D eigenvalue weighted by Crippen LogP contribution is 2.36. The predicted molar refractivity (Wildman–Crippen MR) is 120 cm³/mol. The maximum Gasteiger partial charge on any atom is 0.340 e. The predicted octanol–water partition coefficient (Wildman–Crippen LogP) is 6.01. The van der Waals surface area contributed by atoms with Gasteiger partial charge in [-0.2, -0.15) is 10.2 Å². The molecule has 2 heterocycles. The van der Waals surface area contributed by atoms with Gasteiger partial charge in [0.2, 0.25) is 0 Å². The summed E-state index contributed by atoms with van der Waals surface area (Å²) in [5, 5.41) is 11.7. The average molecular weight is 493 g/mol. The van der Waals surface area contributed by atoms with Crippen molar-refractivity contribution in [2.45, 2.75) is 0 Å². The standard InChI is InChI=1S/C21H10Cl3F2N5O/c22-9-2-4-17-13(5-9)19(11-3-1-10(23)6-15(11)25)30-31(17)18-8-16(26)12(7-14(18)24)20-27-21(32)29-28-20/h1-8H,(H2,27,28,29,32). The number of aromatic nitrogens is 5. The van der Waals surface area contributed by atoms with Gasteiger partial charge in [0.15, 0.2) is 5.82 Å². The fraction of sp³-hybridized carbons (Fsp3) is 0. The summed E-state index contributed by atoms with van der Waals surface area (Å²) in [6, 6.07) is 11.7. The lowest BCUT2D eigenvalue weighted by Crippen LogP contribution is -2.02. The molecule has 0 aliphatic rings.